The van der Waals surface area contributed by atoms with Gasteiger partial charge >= 0.3 is 5.97 Å². The van der Waals surface area contributed by atoms with Crippen LogP contribution in [0.2, 0.25) is 0 Å². The fraction of sp³-hybridized carbons (Fsp3) is 0.143. The van der Waals surface area contributed by atoms with Crippen molar-refractivity contribution >= 4 is 40.5 Å². The number of hydrogen-bond acceptors (Lipinski definition) is 6. The summed E-state index contributed by atoms with van der Waals surface area (Å²) in [6, 6.07) is 12.3. The molecule has 2 aromatic carbocycles. The molecule has 0 aliphatic rings. The Kier molecular flexibility index (Phi) is 6.53. The van der Waals surface area contributed by atoms with Crippen LogP contribution in [0.4, 0.5) is 15.8 Å². The van der Waals surface area contributed by atoms with Gasteiger partial charge in [-0.2, -0.15) is 0 Å². The van der Waals surface area contributed by atoms with Crippen molar-refractivity contribution in [3.63, 3.8) is 0 Å². The van der Waals surface area contributed by atoms with Crippen LogP contribution in [0.15, 0.2) is 48.5 Å². The number of aromatic nitrogens is 1. The summed E-state index contributed by atoms with van der Waals surface area (Å²) in [5.41, 5.74) is 2.25. The molecule has 0 atom stereocenters. The minimum Gasteiger partial charge on any atom is -0.451 e. The zero-order valence-electron chi connectivity index (χ0n) is 16.2. The third-order valence-electron chi connectivity index (χ3n) is 3.90. The van der Waals surface area contributed by atoms with Crippen molar-refractivity contribution in [2.45, 2.75) is 13.8 Å². The molecule has 0 radical (unpaired) electrons. The van der Waals surface area contributed by atoms with Gasteiger partial charge in [-0.25, -0.2) is 14.2 Å². The van der Waals surface area contributed by atoms with E-state index in [1.54, 1.807) is 43.3 Å². The molecule has 2 amide bonds. The van der Waals surface area contributed by atoms with Crippen molar-refractivity contribution in [1.82, 2.24) is 4.98 Å². The minimum absolute atomic E-state index is 0.195. The number of halogens is 1. The van der Waals surface area contributed by atoms with Crippen molar-refractivity contribution in [2.24, 2.45) is 0 Å². The third-order valence-corrected chi connectivity index (χ3v) is 5.08. The maximum atomic E-state index is 13.1. The van der Waals surface area contributed by atoms with Crippen LogP contribution in [0.25, 0.3) is 10.6 Å². The number of ether oxygens (including phenoxy) is 1. The highest BCUT2D eigenvalue weighted by molar-refractivity contribution is 7.17. The topological polar surface area (TPSA) is 97.4 Å². The van der Waals surface area contributed by atoms with Crippen LogP contribution in [-0.4, -0.2) is 29.4 Å². The molecule has 1 heterocycles. The molecule has 0 saturated heterocycles. The van der Waals surface area contributed by atoms with Crippen molar-refractivity contribution < 1.29 is 23.5 Å². The number of nitrogens with zero attached hydrogens (tertiary/aromatic N) is 1. The Hall–Kier alpha value is -3.59. The van der Waals surface area contributed by atoms with E-state index in [2.05, 4.69) is 15.6 Å². The maximum absolute atomic E-state index is 13.1. The van der Waals surface area contributed by atoms with Gasteiger partial charge in [0, 0.05) is 23.9 Å². The van der Waals surface area contributed by atoms with Gasteiger partial charge in [-0.05, 0) is 55.5 Å². The Labute approximate surface area is 175 Å². The molecule has 30 heavy (non-hydrogen) atoms. The largest absolute Gasteiger partial charge is 0.451 e. The van der Waals surface area contributed by atoms with E-state index in [9.17, 15) is 18.8 Å². The molecule has 154 valence electrons. The number of anilines is 2. The number of esters is 1. The second-order valence-electron chi connectivity index (χ2n) is 6.32. The van der Waals surface area contributed by atoms with Crippen LogP contribution in [0, 0.1) is 12.7 Å². The molecule has 2 N–H and O–H groups in total. The van der Waals surface area contributed by atoms with Gasteiger partial charge in [-0.3, -0.25) is 9.59 Å². The smallest absolute Gasteiger partial charge is 0.350 e. The van der Waals surface area contributed by atoms with E-state index in [0.717, 1.165) is 11.3 Å². The van der Waals surface area contributed by atoms with Crippen molar-refractivity contribution in [1.29, 1.82) is 0 Å². The highest BCUT2D eigenvalue weighted by Gasteiger charge is 2.19. The third kappa shape index (κ3) is 5.48. The van der Waals surface area contributed by atoms with E-state index in [4.69, 9.17) is 4.74 Å². The summed E-state index contributed by atoms with van der Waals surface area (Å²) in [4.78, 5) is 40.0. The van der Waals surface area contributed by atoms with Crippen LogP contribution in [0.3, 0.4) is 0 Å². The number of benzene rings is 2. The second kappa shape index (κ2) is 9.27. The van der Waals surface area contributed by atoms with Crippen LogP contribution < -0.4 is 10.6 Å². The van der Waals surface area contributed by atoms with Crippen molar-refractivity contribution in [3.8, 4) is 10.6 Å². The van der Waals surface area contributed by atoms with E-state index in [0.29, 0.717) is 27.6 Å². The van der Waals surface area contributed by atoms with E-state index in [1.807, 2.05) is 0 Å². The lowest BCUT2D eigenvalue weighted by Gasteiger charge is -2.07. The lowest BCUT2D eigenvalue weighted by atomic mass is 10.2. The summed E-state index contributed by atoms with van der Waals surface area (Å²) >= 11 is 1.11. The number of amides is 2. The molecule has 0 aliphatic heterocycles. The molecule has 0 bridgehead atoms. The summed E-state index contributed by atoms with van der Waals surface area (Å²) in [6.45, 7) is 2.60. The van der Waals surface area contributed by atoms with Crippen LogP contribution >= 0.6 is 11.3 Å². The quantitative estimate of drug-likeness (QED) is 0.580. The molecular weight excluding hydrogens is 409 g/mol. The molecule has 0 spiro atoms. The van der Waals surface area contributed by atoms with Gasteiger partial charge in [-0.1, -0.05) is 0 Å². The fourth-order valence-corrected chi connectivity index (χ4v) is 3.50. The number of rotatable bonds is 6. The highest BCUT2D eigenvalue weighted by Crippen LogP contribution is 2.28. The average molecular weight is 427 g/mol. The predicted molar refractivity (Wildman–Crippen MR) is 112 cm³/mol. The molecule has 3 aromatic rings. The molecule has 0 saturated carbocycles. The number of nitrogens with one attached hydrogen (secondary N) is 2. The van der Waals surface area contributed by atoms with E-state index < -0.39 is 18.5 Å². The van der Waals surface area contributed by atoms with Gasteiger partial charge in [0.15, 0.2) is 6.61 Å². The molecule has 0 aliphatic carbocycles. The molecule has 9 heteroatoms. The number of thiazole rings is 1. The average Bonchev–Trinajstić information content (AvgIpc) is 3.09. The van der Waals surface area contributed by atoms with Gasteiger partial charge in [0.05, 0.1) is 5.69 Å². The van der Waals surface area contributed by atoms with Crippen LogP contribution in [0.5, 0.6) is 0 Å². The number of carbonyl (C=O) groups is 3. The number of aryl methyl sites for hydroxylation is 1. The summed E-state index contributed by atoms with van der Waals surface area (Å²) in [6.07, 6.45) is 0. The number of carbonyl (C=O) groups excluding carboxylic acids is 3. The summed E-state index contributed by atoms with van der Waals surface area (Å²) in [5, 5.41) is 5.78. The zero-order chi connectivity index (χ0) is 21.7. The first-order valence-corrected chi connectivity index (χ1v) is 9.71. The van der Waals surface area contributed by atoms with Gasteiger partial charge in [-0.15, -0.1) is 11.3 Å². The molecule has 0 unspecified atom stereocenters. The summed E-state index contributed by atoms with van der Waals surface area (Å²) in [7, 11) is 0. The lowest BCUT2D eigenvalue weighted by Crippen LogP contribution is -2.20. The molecular formula is C21H18FN3O4S. The van der Waals surface area contributed by atoms with Gasteiger partial charge in [0.2, 0.25) is 5.91 Å². The van der Waals surface area contributed by atoms with Gasteiger partial charge in [0.1, 0.15) is 15.7 Å². The Balaban J connectivity index is 1.57. The van der Waals surface area contributed by atoms with E-state index in [-0.39, 0.29) is 16.6 Å². The first-order chi connectivity index (χ1) is 14.3. The normalized spacial score (nSPS) is 10.4. The first kappa shape index (κ1) is 21.1. The molecule has 3 rings (SSSR count). The summed E-state index contributed by atoms with van der Waals surface area (Å²) in [5.74, 6) is -1.71. The predicted octanol–water partition coefficient (Wildman–Crippen LogP) is 4.01. The minimum atomic E-state index is -0.658. The molecule has 7 nitrogen and oxygen atoms in total. The van der Waals surface area contributed by atoms with Crippen molar-refractivity contribution in [3.05, 3.63) is 64.9 Å². The molecule has 1 aromatic heterocycles. The monoisotopic (exact) mass is 427 g/mol. The van der Waals surface area contributed by atoms with Gasteiger partial charge in [0.25, 0.3) is 5.91 Å². The Bertz CT molecular complexity index is 1080. The van der Waals surface area contributed by atoms with Crippen molar-refractivity contribution in [2.75, 3.05) is 17.2 Å². The molecule has 0 fully saturated rings. The highest BCUT2D eigenvalue weighted by atomic mass is 32.1. The SMILES string of the molecule is CC(=O)Nc1ccc(NC(=O)COC(=O)c2sc(-c3ccc(F)cc3)nc2C)cc1. The van der Waals surface area contributed by atoms with E-state index in [1.165, 1.54) is 19.1 Å². The lowest BCUT2D eigenvalue weighted by molar-refractivity contribution is -0.119. The Morgan fingerprint density at radius 2 is 1.60 bits per heavy atom. The second-order valence-corrected chi connectivity index (χ2v) is 7.32. The van der Waals surface area contributed by atoms with E-state index >= 15 is 0 Å². The van der Waals surface area contributed by atoms with Crippen LogP contribution in [0.1, 0.15) is 22.3 Å². The number of hydrogen-bond donors (Lipinski definition) is 2. The standard InChI is InChI=1S/C21H18FN3O4S/c1-12-19(30-20(23-12)14-3-5-15(22)6-4-14)21(28)29-11-18(27)25-17-9-7-16(8-10-17)24-13(2)26/h3-10H,11H2,1-2H3,(H,24,26)(H,25,27). The van der Waals surface area contributed by atoms with Crippen LogP contribution in [-0.2, 0) is 14.3 Å². The Morgan fingerprint density at radius 3 is 2.20 bits per heavy atom. The fourth-order valence-electron chi connectivity index (χ4n) is 2.54. The maximum Gasteiger partial charge on any atom is 0.350 e. The Morgan fingerprint density at radius 1 is 1.00 bits per heavy atom. The van der Waals surface area contributed by atoms with Gasteiger partial charge < -0.3 is 15.4 Å². The zero-order valence-corrected chi connectivity index (χ0v) is 17.0. The summed E-state index contributed by atoms with van der Waals surface area (Å²) < 4.78 is 18.2. The first-order valence-electron chi connectivity index (χ1n) is 8.90.